The SMILES string of the molecule is CC1CN(c2c[nH]c(=O)[nH]c2=O)CCN1[B]C=O. The molecule has 1 aromatic rings. The van der Waals surface area contributed by atoms with Crippen LogP contribution in [0, 0.1) is 0 Å². The Morgan fingerprint density at radius 3 is 2.83 bits per heavy atom. The Kier molecular flexibility index (Phi) is 3.66. The normalized spacial score (nSPS) is 20.7. The van der Waals surface area contributed by atoms with Gasteiger partial charge in [-0.2, -0.15) is 0 Å². The third kappa shape index (κ3) is 2.53. The molecule has 1 fully saturated rings. The maximum atomic E-state index is 11.7. The molecule has 2 N–H and O–H groups in total. The van der Waals surface area contributed by atoms with Crippen molar-refractivity contribution in [2.24, 2.45) is 0 Å². The molecule has 0 spiro atoms. The molecule has 95 valence electrons. The highest BCUT2D eigenvalue weighted by atomic mass is 16.2. The van der Waals surface area contributed by atoms with Crippen LogP contribution in [0.4, 0.5) is 5.69 Å². The Bertz CT molecular complexity index is 540. The van der Waals surface area contributed by atoms with E-state index in [2.05, 4.69) is 9.97 Å². The molecule has 1 aliphatic heterocycles. The minimum Gasteiger partial charge on any atom is -0.363 e. The zero-order valence-electron chi connectivity index (χ0n) is 10.0. The highest BCUT2D eigenvalue weighted by Gasteiger charge is 2.25. The number of hydrogen-bond donors (Lipinski definition) is 2. The number of carbonyl (C=O) groups is 1. The average Bonchev–Trinajstić information content (AvgIpc) is 2.32. The number of nitrogens with zero attached hydrogens (tertiary/aromatic N) is 2. The zero-order chi connectivity index (χ0) is 13.1. The number of anilines is 1. The van der Waals surface area contributed by atoms with Crippen molar-refractivity contribution in [3.8, 4) is 0 Å². The number of carbonyl (C=O) groups excluding carboxylic acids is 1. The summed E-state index contributed by atoms with van der Waals surface area (Å²) in [5.74, 6) is 0. The van der Waals surface area contributed by atoms with E-state index >= 15 is 0 Å². The van der Waals surface area contributed by atoms with E-state index in [4.69, 9.17) is 0 Å². The fourth-order valence-corrected chi connectivity index (χ4v) is 2.13. The third-order valence-electron chi connectivity index (χ3n) is 3.07. The predicted molar refractivity (Wildman–Crippen MR) is 68.6 cm³/mol. The molecule has 2 rings (SSSR count). The van der Waals surface area contributed by atoms with Gasteiger partial charge in [-0.25, -0.2) is 4.79 Å². The maximum Gasteiger partial charge on any atom is 0.325 e. The van der Waals surface area contributed by atoms with E-state index < -0.39 is 11.2 Å². The first-order chi connectivity index (χ1) is 8.61. The summed E-state index contributed by atoms with van der Waals surface area (Å²) in [5.41, 5.74) is -0.448. The van der Waals surface area contributed by atoms with Crippen LogP contribution in [0.2, 0.25) is 0 Å². The van der Waals surface area contributed by atoms with Crippen LogP contribution in [-0.4, -0.2) is 54.1 Å². The lowest BCUT2D eigenvalue weighted by Gasteiger charge is -2.39. The average molecular weight is 249 g/mol. The smallest absolute Gasteiger partial charge is 0.325 e. The van der Waals surface area contributed by atoms with E-state index in [-0.39, 0.29) is 6.04 Å². The standard InChI is InChI=1S/C10H14BN4O3/c1-7-5-14(2-3-15(7)11-6-16)8-4-12-10(18)13-9(8)17/h4,6-7H,2-3,5H2,1H3,(H2,12,13,17,18). The number of H-pyrrole nitrogens is 2. The second-order valence-corrected chi connectivity index (χ2v) is 4.28. The Balaban J connectivity index is 2.15. The molecule has 0 bridgehead atoms. The van der Waals surface area contributed by atoms with Gasteiger partial charge in [0.25, 0.3) is 13.0 Å². The molecule has 8 heteroatoms. The minimum atomic E-state index is -0.510. The van der Waals surface area contributed by atoms with Gasteiger partial charge < -0.3 is 19.5 Å². The summed E-state index contributed by atoms with van der Waals surface area (Å²) in [6.07, 6.45) is 2.19. The van der Waals surface area contributed by atoms with E-state index in [1.54, 1.807) is 0 Å². The Morgan fingerprint density at radius 1 is 1.44 bits per heavy atom. The Labute approximate surface area is 104 Å². The van der Waals surface area contributed by atoms with Gasteiger partial charge in [-0.1, -0.05) is 0 Å². The molecule has 0 aromatic carbocycles. The largest absolute Gasteiger partial charge is 0.363 e. The molecule has 1 unspecified atom stereocenters. The van der Waals surface area contributed by atoms with E-state index in [9.17, 15) is 14.4 Å². The highest BCUT2D eigenvalue weighted by Crippen LogP contribution is 2.13. The van der Waals surface area contributed by atoms with Crippen LogP contribution in [0.5, 0.6) is 0 Å². The van der Waals surface area contributed by atoms with Gasteiger partial charge in [0.15, 0.2) is 0 Å². The van der Waals surface area contributed by atoms with Crippen molar-refractivity contribution in [2.75, 3.05) is 24.5 Å². The molecule has 0 amide bonds. The summed E-state index contributed by atoms with van der Waals surface area (Å²) in [4.78, 5) is 41.6. The fourth-order valence-electron chi connectivity index (χ4n) is 2.13. The zero-order valence-corrected chi connectivity index (χ0v) is 10.0. The second kappa shape index (κ2) is 5.22. The monoisotopic (exact) mass is 249 g/mol. The summed E-state index contributed by atoms with van der Waals surface area (Å²) in [6.45, 7) is 3.90. The summed E-state index contributed by atoms with van der Waals surface area (Å²) >= 11 is 0. The Morgan fingerprint density at radius 2 is 2.22 bits per heavy atom. The minimum absolute atomic E-state index is 0.135. The molecule has 0 saturated carbocycles. The van der Waals surface area contributed by atoms with Crippen LogP contribution in [0.3, 0.4) is 0 Å². The fraction of sp³-hybridized carbons (Fsp3) is 0.500. The van der Waals surface area contributed by atoms with Crippen molar-refractivity contribution in [2.45, 2.75) is 13.0 Å². The van der Waals surface area contributed by atoms with Crippen molar-refractivity contribution in [1.82, 2.24) is 14.8 Å². The summed E-state index contributed by atoms with van der Waals surface area (Å²) in [6, 6.07) is 0.135. The van der Waals surface area contributed by atoms with Gasteiger partial charge in [-0.05, 0) is 6.92 Å². The molecule has 0 aliphatic carbocycles. The molecule has 1 radical (unpaired) electrons. The number of rotatable bonds is 3. The van der Waals surface area contributed by atoms with Crippen molar-refractivity contribution < 1.29 is 4.79 Å². The number of aromatic nitrogens is 2. The highest BCUT2D eigenvalue weighted by molar-refractivity contribution is 6.64. The van der Waals surface area contributed by atoms with Crippen molar-refractivity contribution >= 4 is 19.3 Å². The van der Waals surface area contributed by atoms with Gasteiger partial charge >= 0.3 is 5.69 Å². The maximum absolute atomic E-state index is 11.7. The van der Waals surface area contributed by atoms with E-state index in [0.29, 0.717) is 25.3 Å². The lowest BCUT2D eigenvalue weighted by Crippen LogP contribution is -2.54. The van der Waals surface area contributed by atoms with Crippen LogP contribution in [-0.2, 0) is 4.79 Å². The van der Waals surface area contributed by atoms with Crippen LogP contribution < -0.4 is 16.1 Å². The Hall–Kier alpha value is -1.83. The summed E-state index contributed by atoms with van der Waals surface area (Å²) < 4.78 is 0. The molecule has 1 saturated heterocycles. The number of aromatic amines is 2. The van der Waals surface area contributed by atoms with E-state index in [1.807, 2.05) is 16.6 Å². The number of hydrogen-bond acceptors (Lipinski definition) is 5. The molecular formula is C10H14BN4O3. The molecular weight excluding hydrogens is 235 g/mol. The molecule has 7 nitrogen and oxygen atoms in total. The van der Waals surface area contributed by atoms with Crippen LogP contribution >= 0.6 is 0 Å². The third-order valence-corrected chi connectivity index (χ3v) is 3.07. The molecule has 1 atom stereocenters. The van der Waals surface area contributed by atoms with Crippen LogP contribution in [0.25, 0.3) is 0 Å². The predicted octanol–water partition coefficient (Wildman–Crippen LogP) is -1.62. The van der Waals surface area contributed by atoms with Gasteiger partial charge in [-0.3, -0.25) is 9.78 Å². The van der Waals surface area contributed by atoms with Crippen molar-refractivity contribution in [3.05, 3.63) is 27.0 Å². The number of piperazine rings is 1. The van der Waals surface area contributed by atoms with Gasteiger partial charge in [-0.15, -0.1) is 0 Å². The van der Waals surface area contributed by atoms with Crippen LogP contribution in [0.1, 0.15) is 6.92 Å². The molecule has 1 aromatic heterocycles. The first kappa shape index (κ1) is 12.6. The lowest BCUT2D eigenvalue weighted by molar-refractivity contribution is 0.318. The molecule has 1 aliphatic rings. The molecule has 18 heavy (non-hydrogen) atoms. The lowest BCUT2D eigenvalue weighted by atomic mass is 9.90. The van der Waals surface area contributed by atoms with Crippen molar-refractivity contribution in [3.63, 3.8) is 0 Å². The first-order valence-corrected chi connectivity index (χ1v) is 5.73. The summed E-state index contributed by atoms with van der Waals surface area (Å²) in [5, 5.41) is 0. The van der Waals surface area contributed by atoms with Crippen LogP contribution in [0.15, 0.2) is 15.8 Å². The van der Waals surface area contributed by atoms with E-state index in [0.717, 1.165) is 6.19 Å². The van der Waals surface area contributed by atoms with Gasteiger partial charge in [0.1, 0.15) is 5.69 Å². The van der Waals surface area contributed by atoms with Gasteiger partial charge in [0.2, 0.25) is 0 Å². The quantitative estimate of drug-likeness (QED) is 0.496. The second-order valence-electron chi connectivity index (χ2n) is 4.28. The summed E-state index contributed by atoms with van der Waals surface area (Å²) in [7, 11) is 1.51. The van der Waals surface area contributed by atoms with Gasteiger partial charge in [0.05, 0.1) is 6.19 Å². The van der Waals surface area contributed by atoms with Crippen molar-refractivity contribution in [1.29, 1.82) is 0 Å². The number of nitrogens with one attached hydrogen (secondary N) is 2. The topological polar surface area (TPSA) is 89.3 Å². The van der Waals surface area contributed by atoms with Gasteiger partial charge in [0, 0.05) is 31.9 Å². The molecule has 2 heterocycles. The first-order valence-electron chi connectivity index (χ1n) is 5.73. The van der Waals surface area contributed by atoms with E-state index in [1.165, 1.54) is 13.6 Å².